The first kappa shape index (κ1) is 30.1. The standard InChI is InChI=1S/C52H32N2O/c1-3-13-33(14-4-1)34-15-11-16-35(29-34)36-25-28-47-43(30-36)39-19-7-9-22-45(39)54(47)38-26-27-40-44-32-48-51(42-21-12-24-49(52(42)44)55-50(40)31-38)41-20-8-10-23-46(41)53(48)37-17-5-2-6-18-37/h1-32H. The lowest BCUT2D eigenvalue weighted by Crippen LogP contribution is -2.01. The van der Waals surface area contributed by atoms with Crippen molar-refractivity contribution in [3.05, 3.63) is 194 Å². The van der Waals surface area contributed by atoms with Crippen molar-refractivity contribution in [3.63, 3.8) is 0 Å². The predicted octanol–water partition coefficient (Wildman–Crippen LogP) is 14.1. The molecule has 0 bridgehead atoms. The van der Waals surface area contributed by atoms with Crippen molar-refractivity contribution in [2.45, 2.75) is 0 Å². The van der Waals surface area contributed by atoms with Gasteiger partial charge in [-0.25, -0.2) is 0 Å². The summed E-state index contributed by atoms with van der Waals surface area (Å²) in [6.07, 6.45) is 0. The first-order valence-corrected chi connectivity index (χ1v) is 18.8. The summed E-state index contributed by atoms with van der Waals surface area (Å²) in [6.45, 7) is 0. The first-order chi connectivity index (χ1) is 27.3. The van der Waals surface area contributed by atoms with Gasteiger partial charge in [-0.2, -0.15) is 0 Å². The summed E-state index contributed by atoms with van der Waals surface area (Å²) in [5, 5.41) is 7.31. The zero-order valence-corrected chi connectivity index (χ0v) is 29.8. The van der Waals surface area contributed by atoms with Gasteiger partial charge < -0.3 is 13.9 Å². The second-order valence-corrected chi connectivity index (χ2v) is 14.5. The van der Waals surface area contributed by atoms with Gasteiger partial charge in [0.15, 0.2) is 0 Å². The molecule has 9 aromatic carbocycles. The highest BCUT2D eigenvalue weighted by atomic mass is 16.5. The third-order valence-electron chi connectivity index (χ3n) is 11.5. The van der Waals surface area contributed by atoms with Crippen LogP contribution in [0.3, 0.4) is 0 Å². The van der Waals surface area contributed by atoms with E-state index in [9.17, 15) is 0 Å². The molecule has 0 saturated carbocycles. The molecule has 0 atom stereocenters. The molecule has 0 unspecified atom stereocenters. The maximum Gasteiger partial charge on any atom is 0.137 e. The van der Waals surface area contributed by atoms with Gasteiger partial charge in [0.2, 0.25) is 0 Å². The maximum absolute atomic E-state index is 6.87. The van der Waals surface area contributed by atoms with Crippen LogP contribution >= 0.6 is 0 Å². The number of fused-ring (bicyclic) bond motifs is 9. The molecule has 12 rings (SSSR count). The van der Waals surface area contributed by atoms with E-state index in [0.717, 1.165) is 39.3 Å². The lowest BCUT2D eigenvalue weighted by Gasteiger charge is -2.23. The number of rotatable bonds is 4. The Balaban J connectivity index is 1.04. The Morgan fingerprint density at radius 1 is 0.291 bits per heavy atom. The van der Waals surface area contributed by atoms with Crippen molar-refractivity contribution < 1.29 is 4.74 Å². The van der Waals surface area contributed by atoms with Crippen LogP contribution in [0.5, 0.6) is 11.5 Å². The average Bonchev–Trinajstić information content (AvgIpc) is 3.77. The van der Waals surface area contributed by atoms with Crippen molar-refractivity contribution >= 4 is 54.4 Å². The molecule has 0 radical (unpaired) electrons. The lowest BCUT2D eigenvalue weighted by molar-refractivity contribution is 0.487. The monoisotopic (exact) mass is 700 g/mol. The zero-order chi connectivity index (χ0) is 36.0. The minimum Gasteiger partial charge on any atom is -0.456 e. The van der Waals surface area contributed by atoms with E-state index in [-0.39, 0.29) is 0 Å². The number of hydrogen-bond acceptors (Lipinski definition) is 1. The predicted molar refractivity (Wildman–Crippen MR) is 229 cm³/mol. The fourth-order valence-electron chi connectivity index (χ4n) is 9.07. The molecular weight excluding hydrogens is 669 g/mol. The topological polar surface area (TPSA) is 19.1 Å². The van der Waals surface area contributed by atoms with Gasteiger partial charge in [-0.15, -0.1) is 0 Å². The maximum atomic E-state index is 6.87. The number of hydrogen-bond donors (Lipinski definition) is 0. The Labute approximate surface area is 317 Å². The van der Waals surface area contributed by atoms with Crippen LogP contribution in [-0.2, 0) is 0 Å². The van der Waals surface area contributed by atoms with Crippen molar-refractivity contribution in [1.82, 2.24) is 9.13 Å². The summed E-state index contributed by atoms with van der Waals surface area (Å²) in [7, 11) is 0. The summed E-state index contributed by atoms with van der Waals surface area (Å²) in [4.78, 5) is 0. The molecule has 3 heterocycles. The van der Waals surface area contributed by atoms with Gasteiger partial charge in [-0.05, 0) is 99.9 Å². The second-order valence-electron chi connectivity index (χ2n) is 14.5. The van der Waals surface area contributed by atoms with E-state index < -0.39 is 0 Å². The SMILES string of the molecule is c1ccc(-c2cccc(-c3ccc4c(c3)c3ccccc3n4-c3ccc4c(c3)Oc3cccc5c3c-4cc3c5c4ccccc4n3-c3ccccc3)c2)cc1. The van der Waals surface area contributed by atoms with E-state index >= 15 is 0 Å². The first-order valence-electron chi connectivity index (χ1n) is 18.8. The van der Waals surface area contributed by atoms with Crippen LogP contribution in [0, 0.1) is 0 Å². The van der Waals surface area contributed by atoms with E-state index in [2.05, 4.69) is 203 Å². The Bertz CT molecular complexity index is 3330. The van der Waals surface area contributed by atoms with E-state index in [1.165, 1.54) is 71.3 Å². The van der Waals surface area contributed by atoms with Gasteiger partial charge in [0.05, 0.1) is 22.1 Å². The quantitative estimate of drug-likeness (QED) is 0.179. The molecule has 2 aromatic heterocycles. The fourth-order valence-corrected chi connectivity index (χ4v) is 9.07. The Morgan fingerprint density at radius 2 is 0.909 bits per heavy atom. The summed E-state index contributed by atoms with van der Waals surface area (Å²) in [6, 6.07) is 70.1. The molecule has 256 valence electrons. The van der Waals surface area contributed by atoms with Crippen LogP contribution in [0.25, 0.3) is 99.1 Å². The summed E-state index contributed by atoms with van der Waals surface area (Å²) in [5.74, 6) is 1.75. The molecule has 0 spiro atoms. The van der Waals surface area contributed by atoms with Crippen molar-refractivity contribution in [2.24, 2.45) is 0 Å². The Kier molecular flexibility index (Phi) is 6.34. The number of para-hydroxylation sites is 3. The van der Waals surface area contributed by atoms with Gasteiger partial charge in [-0.1, -0.05) is 121 Å². The van der Waals surface area contributed by atoms with Gasteiger partial charge >= 0.3 is 0 Å². The minimum absolute atomic E-state index is 0.861. The van der Waals surface area contributed by atoms with Crippen LogP contribution < -0.4 is 4.74 Å². The van der Waals surface area contributed by atoms with E-state index in [1.807, 2.05) is 0 Å². The lowest BCUT2D eigenvalue weighted by atomic mass is 9.92. The number of benzene rings is 9. The molecule has 3 heteroatoms. The van der Waals surface area contributed by atoms with Crippen LogP contribution in [0.2, 0.25) is 0 Å². The molecular formula is C52H32N2O. The van der Waals surface area contributed by atoms with Gasteiger partial charge in [0.1, 0.15) is 11.5 Å². The van der Waals surface area contributed by atoms with E-state index in [0.29, 0.717) is 0 Å². The molecule has 1 aliphatic heterocycles. The molecule has 55 heavy (non-hydrogen) atoms. The van der Waals surface area contributed by atoms with Crippen molar-refractivity contribution in [1.29, 1.82) is 0 Å². The number of nitrogens with zero attached hydrogens (tertiary/aromatic N) is 2. The highest BCUT2D eigenvalue weighted by Crippen LogP contribution is 2.51. The second kappa shape index (κ2) is 11.6. The zero-order valence-electron chi connectivity index (χ0n) is 29.8. The fraction of sp³-hybridized carbons (Fsp3) is 0. The van der Waals surface area contributed by atoms with Crippen LogP contribution in [-0.4, -0.2) is 9.13 Å². The average molecular weight is 701 g/mol. The molecule has 1 aliphatic rings. The summed E-state index contributed by atoms with van der Waals surface area (Å²) < 4.78 is 11.7. The van der Waals surface area contributed by atoms with E-state index in [4.69, 9.17) is 4.74 Å². The smallest absolute Gasteiger partial charge is 0.137 e. The summed E-state index contributed by atoms with van der Waals surface area (Å²) >= 11 is 0. The molecule has 3 nitrogen and oxygen atoms in total. The highest BCUT2D eigenvalue weighted by Gasteiger charge is 2.26. The largest absolute Gasteiger partial charge is 0.456 e. The highest BCUT2D eigenvalue weighted by molar-refractivity contribution is 6.26. The van der Waals surface area contributed by atoms with Gasteiger partial charge in [0, 0.05) is 49.9 Å². The van der Waals surface area contributed by atoms with E-state index in [1.54, 1.807) is 0 Å². The molecule has 11 aromatic rings. The van der Waals surface area contributed by atoms with Crippen LogP contribution in [0.4, 0.5) is 0 Å². The van der Waals surface area contributed by atoms with Gasteiger partial charge in [0.25, 0.3) is 0 Å². The Hall–Kier alpha value is -7.36. The molecule has 0 aliphatic carbocycles. The third kappa shape index (κ3) is 4.44. The molecule has 0 saturated heterocycles. The number of ether oxygens (including phenoxy) is 1. The third-order valence-corrected chi connectivity index (χ3v) is 11.5. The molecule has 0 N–H and O–H groups in total. The number of aromatic nitrogens is 2. The molecule has 0 fully saturated rings. The minimum atomic E-state index is 0.861. The van der Waals surface area contributed by atoms with Crippen molar-refractivity contribution in [3.8, 4) is 56.3 Å². The van der Waals surface area contributed by atoms with Crippen molar-refractivity contribution in [2.75, 3.05) is 0 Å². The Morgan fingerprint density at radius 3 is 1.75 bits per heavy atom. The molecule has 0 amide bonds. The van der Waals surface area contributed by atoms with Gasteiger partial charge in [-0.3, -0.25) is 0 Å². The summed E-state index contributed by atoms with van der Waals surface area (Å²) in [5.41, 5.74) is 14.1. The van der Waals surface area contributed by atoms with Crippen LogP contribution in [0.1, 0.15) is 0 Å². The normalized spacial score (nSPS) is 12.1. The van der Waals surface area contributed by atoms with Crippen LogP contribution in [0.15, 0.2) is 194 Å².